The lowest BCUT2D eigenvalue weighted by Crippen LogP contribution is -2.21. The van der Waals surface area contributed by atoms with Crippen molar-refractivity contribution < 1.29 is 23.8 Å². The zero-order chi connectivity index (χ0) is 23.1. The molecule has 0 aliphatic rings. The van der Waals surface area contributed by atoms with E-state index in [4.69, 9.17) is 14.2 Å². The van der Waals surface area contributed by atoms with Gasteiger partial charge in [0, 0.05) is 15.4 Å². The van der Waals surface area contributed by atoms with Gasteiger partial charge in [0.05, 0.1) is 13.7 Å². The Hall–Kier alpha value is -2.84. The Morgan fingerprint density at radius 3 is 2.50 bits per heavy atom. The van der Waals surface area contributed by atoms with Crippen molar-refractivity contribution in [2.45, 2.75) is 20.3 Å². The average molecular weight is 518 g/mol. The SMILES string of the molecule is CCOC(=O)c1c(-c2ccc(OC)cc2)csc1NC(=O)COc1ccc(Br)cc1CC. The van der Waals surface area contributed by atoms with Crippen molar-refractivity contribution in [3.63, 3.8) is 0 Å². The smallest absolute Gasteiger partial charge is 0.341 e. The van der Waals surface area contributed by atoms with E-state index in [-0.39, 0.29) is 19.1 Å². The van der Waals surface area contributed by atoms with Crippen LogP contribution >= 0.6 is 27.3 Å². The number of benzene rings is 2. The quantitative estimate of drug-likeness (QED) is 0.355. The molecule has 0 saturated heterocycles. The summed E-state index contributed by atoms with van der Waals surface area (Å²) in [6, 6.07) is 13.0. The molecule has 0 fully saturated rings. The lowest BCUT2D eigenvalue weighted by Gasteiger charge is -2.12. The first kappa shape index (κ1) is 23.8. The standard InChI is InChI=1S/C24H24BrNO5S/c1-4-15-12-17(25)8-11-20(15)31-13-21(27)26-23-22(24(28)30-5-2)19(14-32-23)16-6-9-18(29-3)10-7-16/h6-12,14H,4-5,13H2,1-3H3,(H,26,27). The first-order chi connectivity index (χ1) is 15.5. The number of methoxy groups -OCH3 is 1. The highest BCUT2D eigenvalue weighted by Gasteiger charge is 2.23. The van der Waals surface area contributed by atoms with Gasteiger partial charge < -0.3 is 19.5 Å². The highest BCUT2D eigenvalue weighted by Crippen LogP contribution is 2.37. The minimum absolute atomic E-state index is 0.174. The van der Waals surface area contributed by atoms with Crippen molar-refractivity contribution in [1.82, 2.24) is 0 Å². The molecule has 1 heterocycles. The van der Waals surface area contributed by atoms with Gasteiger partial charge in [-0.25, -0.2) is 4.79 Å². The largest absolute Gasteiger partial charge is 0.497 e. The van der Waals surface area contributed by atoms with E-state index < -0.39 is 5.97 Å². The van der Waals surface area contributed by atoms with Gasteiger partial charge in [-0.3, -0.25) is 4.79 Å². The Balaban J connectivity index is 1.80. The topological polar surface area (TPSA) is 73.9 Å². The van der Waals surface area contributed by atoms with E-state index in [2.05, 4.69) is 21.2 Å². The average Bonchev–Trinajstić information content (AvgIpc) is 3.21. The van der Waals surface area contributed by atoms with Gasteiger partial charge in [-0.05, 0) is 54.8 Å². The van der Waals surface area contributed by atoms with Gasteiger partial charge >= 0.3 is 5.97 Å². The number of ether oxygens (including phenoxy) is 3. The van der Waals surface area contributed by atoms with Gasteiger partial charge in [0.2, 0.25) is 0 Å². The summed E-state index contributed by atoms with van der Waals surface area (Å²) in [4.78, 5) is 25.3. The number of nitrogens with one attached hydrogen (secondary N) is 1. The van der Waals surface area contributed by atoms with E-state index in [0.29, 0.717) is 27.6 Å². The summed E-state index contributed by atoms with van der Waals surface area (Å²) in [7, 11) is 1.59. The number of rotatable bonds is 9. The molecule has 0 atom stereocenters. The molecular weight excluding hydrogens is 494 g/mol. The highest BCUT2D eigenvalue weighted by atomic mass is 79.9. The number of amides is 1. The Morgan fingerprint density at radius 2 is 1.84 bits per heavy atom. The molecule has 0 bridgehead atoms. The number of thiophene rings is 1. The Bertz CT molecular complexity index is 1090. The molecular formula is C24H24BrNO5S. The molecule has 0 aliphatic carbocycles. The third kappa shape index (κ3) is 5.69. The predicted octanol–water partition coefficient (Wildman–Crippen LogP) is 5.94. The maximum Gasteiger partial charge on any atom is 0.341 e. The van der Waals surface area contributed by atoms with Crippen LogP contribution in [0.3, 0.4) is 0 Å². The zero-order valence-electron chi connectivity index (χ0n) is 18.1. The molecule has 8 heteroatoms. The summed E-state index contributed by atoms with van der Waals surface area (Å²) in [6.07, 6.45) is 0.777. The molecule has 6 nitrogen and oxygen atoms in total. The molecule has 0 spiro atoms. The van der Waals surface area contributed by atoms with Gasteiger partial charge in [-0.1, -0.05) is 35.0 Å². The third-order valence-corrected chi connectivity index (χ3v) is 6.08. The number of carbonyl (C=O) groups is 2. The summed E-state index contributed by atoms with van der Waals surface area (Å²) in [5.74, 6) is 0.522. The molecule has 0 unspecified atom stereocenters. The highest BCUT2D eigenvalue weighted by molar-refractivity contribution is 9.10. The minimum atomic E-state index is -0.489. The fourth-order valence-corrected chi connectivity index (χ4v) is 4.49. The van der Waals surface area contributed by atoms with Crippen molar-refractivity contribution in [3.05, 3.63) is 63.4 Å². The summed E-state index contributed by atoms with van der Waals surface area (Å²) >= 11 is 4.71. The molecule has 0 saturated carbocycles. The van der Waals surface area contributed by atoms with Crippen LogP contribution in [0, 0.1) is 0 Å². The second-order valence-electron chi connectivity index (χ2n) is 6.74. The normalized spacial score (nSPS) is 10.5. The Labute approximate surface area is 199 Å². The fourth-order valence-electron chi connectivity index (χ4n) is 3.11. The van der Waals surface area contributed by atoms with Crippen LogP contribution < -0.4 is 14.8 Å². The molecule has 3 rings (SSSR count). The summed E-state index contributed by atoms with van der Waals surface area (Å²) in [5, 5.41) is 5.05. The number of carbonyl (C=O) groups excluding carboxylic acids is 2. The van der Waals surface area contributed by atoms with Crippen LogP contribution in [0.15, 0.2) is 52.3 Å². The molecule has 1 amide bonds. The van der Waals surface area contributed by atoms with Gasteiger partial charge in [0.25, 0.3) is 5.91 Å². The molecule has 168 valence electrons. The Morgan fingerprint density at radius 1 is 1.09 bits per heavy atom. The number of anilines is 1. The number of hydrogen-bond donors (Lipinski definition) is 1. The summed E-state index contributed by atoms with van der Waals surface area (Å²) in [5.41, 5.74) is 2.84. The van der Waals surface area contributed by atoms with E-state index in [9.17, 15) is 9.59 Å². The molecule has 2 aromatic carbocycles. The van der Waals surface area contributed by atoms with Gasteiger partial charge in [0.15, 0.2) is 6.61 Å². The van der Waals surface area contributed by atoms with Crippen molar-refractivity contribution in [2.75, 3.05) is 25.6 Å². The maximum atomic E-state index is 12.7. The molecule has 1 N–H and O–H groups in total. The van der Waals surface area contributed by atoms with Crippen LogP contribution in [0.1, 0.15) is 29.8 Å². The first-order valence-corrected chi connectivity index (χ1v) is 11.8. The van der Waals surface area contributed by atoms with Gasteiger partial charge in [0.1, 0.15) is 22.1 Å². The fraction of sp³-hybridized carbons (Fsp3) is 0.250. The number of hydrogen-bond acceptors (Lipinski definition) is 6. The van der Waals surface area contributed by atoms with E-state index in [1.807, 2.05) is 54.8 Å². The van der Waals surface area contributed by atoms with Gasteiger partial charge in [-0.15, -0.1) is 11.3 Å². The third-order valence-electron chi connectivity index (χ3n) is 4.69. The monoisotopic (exact) mass is 517 g/mol. The lowest BCUT2D eigenvalue weighted by molar-refractivity contribution is -0.118. The summed E-state index contributed by atoms with van der Waals surface area (Å²) in [6.45, 7) is 3.82. The van der Waals surface area contributed by atoms with Crippen molar-refractivity contribution in [2.24, 2.45) is 0 Å². The van der Waals surface area contributed by atoms with Crippen molar-refractivity contribution >= 4 is 44.1 Å². The number of esters is 1. The van der Waals surface area contributed by atoms with Crippen LogP contribution in [-0.4, -0.2) is 32.2 Å². The summed E-state index contributed by atoms with van der Waals surface area (Å²) < 4.78 is 17.1. The molecule has 32 heavy (non-hydrogen) atoms. The second-order valence-corrected chi connectivity index (χ2v) is 8.54. The first-order valence-electron chi connectivity index (χ1n) is 10.1. The maximum absolute atomic E-state index is 12.7. The van der Waals surface area contributed by atoms with E-state index in [1.165, 1.54) is 11.3 Å². The lowest BCUT2D eigenvalue weighted by atomic mass is 10.0. The predicted molar refractivity (Wildman–Crippen MR) is 130 cm³/mol. The molecule has 0 aliphatic heterocycles. The van der Waals surface area contributed by atoms with Crippen LogP contribution in [0.25, 0.3) is 11.1 Å². The van der Waals surface area contributed by atoms with Crippen LogP contribution in [0.2, 0.25) is 0 Å². The minimum Gasteiger partial charge on any atom is -0.497 e. The zero-order valence-corrected chi connectivity index (χ0v) is 20.5. The van der Waals surface area contributed by atoms with Crippen LogP contribution in [0.5, 0.6) is 11.5 Å². The Kier molecular flexibility index (Phi) is 8.30. The van der Waals surface area contributed by atoms with E-state index in [1.54, 1.807) is 14.0 Å². The molecule has 3 aromatic rings. The van der Waals surface area contributed by atoms with E-state index >= 15 is 0 Å². The van der Waals surface area contributed by atoms with Crippen LogP contribution in [-0.2, 0) is 16.0 Å². The van der Waals surface area contributed by atoms with Crippen molar-refractivity contribution in [1.29, 1.82) is 0 Å². The van der Waals surface area contributed by atoms with Crippen LogP contribution in [0.4, 0.5) is 5.00 Å². The molecule has 1 aromatic heterocycles. The number of aryl methyl sites for hydroxylation is 1. The van der Waals surface area contributed by atoms with Gasteiger partial charge in [-0.2, -0.15) is 0 Å². The number of halogens is 1. The molecule has 0 radical (unpaired) electrons. The van der Waals surface area contributed by atoms with Crippen molar-refractivity contribution in [3.8, 4) is 22.6 Å². The van der Waals surface area contributed by atoms with E-state index in [0.717, 1.165) is 22.0 Å². The second kappa shape index (κ2) is 11.2.